The number of rotatable bonds is 7. The van der Waals surface area contributed by atoms with Gasteiger partial charge < -0.3 is 18.9 Å². The number of aromatic nitrogens is 1. The fourth-order valence-corrected chi connectivity index (χ4v) is 2.31. The minimum Gasteiger partial charge on any atom is -0.493 e. The Morgan fingerprint density at radius 1 is 0.880 bits per heavy atom. The normalized spacial score (nSPS) is 11.0. The molecule has 0 aliphatic heterocycles. The molecule has 0 amide bonds. The van der Waals surface area contributed by atoms with Gasteiger partial charge in [0.1, 0.15) is 0 Å². The van der Waals surface area contributed by atoms with Gasteiger partial charge in [-0.3, -0.25) is 4.79 Å². The van der Waals surface area contributed by atoms with Crippen molar-refractivity contribution in [3.05, 3.63) is 47.0 Å². The number of ether oxygens (including phenoxy) is 4. The van der Waals surface area contributed by atoms with Gasteiger partial charge in [-0.05, 0) is 36.3 Å². The molecule has 0 aliphatic rings. The van der Waals surface area contributed by atoms with Gasteiger partial charge >= 0.3 is 0 Å². The number of pyridine rings is 1. The molecule has 0 atom stereocenters. The van der Waals surface area contributed by atoms with Crippen LogP contribution in [0.25, 0.3) is 6.08 Å². The summed E-state index contributed by atoms with van der Waals surface area (Å²) in [4.78, 5) is 16.8. The highest BCUT2D eigenvalue weighted by molar-refractivity contribution is 6.11. The maximum atomic E-state index is 12.7. The highest BCUT2D eigenvalue weighted by Crippen LogP contribution is 2.29. The van der Waals surface area contributed by atoms with E-state index in [4.69, 9.17) is 18.9 Å². The maximum absolute atomic E-state index is 12.7. The van der Waals surface area contributed by atoms with Crippen molar-refractivity contribution in [3.63, 3.8) is 0 Å². The van der Waals surface area contributed by atoms with Gasteiger partial charge in [0.25, 0.3) is 0 Å². The van der Waals surface area contributed by atoms with E-state index in [0.717, 1.165) is 5.56 Å². The van der Waals surface area contributed by atoms with Crippen LogP contribution in [0.2, 0.25) is 0 Å². The van der Waals surface area contributed by atoms with Gasteiger partial charge in [0.2, 0.25) is 11.8 Å². The predicted molar refractivity (Wildman–Crippen MR) is 94.9 cm³/mol. The second kappa shape index (κ2) is 8.19. The fraction of sp³-hybridized carbons (Fsp3) is 0.263. The first kappa shape index (κ1) is 18.3. The topological polar surface area (TPSA) is 66.9 Å². The summed E-state index contributed by atoms with van der Waals surface area (Å²) in [5, 5.41) is 0. The van der Waals surface area contributed by atoms with Crippen LogP contribution in [0, 0.1) is 0 Å². The van der Waals surface area contributed by atoms with Gasteiger partial charge in [0, 0.05) is 17.7 Å². The average Bonchev–Trinajstić information content (AvgIpc) is 2.66. The van der Waals surface area contributed by atoms with E-state index in [1.54, 1.807) is 45.4 Å². The van der Waals surface area contributed by atoms with Crippen molar-refractivity contribution in [2.45, 2.75) is 6.92 Å². The zero-order valence-corrected chi connectivity index (χ0v) is 15.0. The van der Waals surface area contributed by atoms with Gasteiger partial charge in [-0.1, -0.05) is 6.07 Å². The van der Waals surface area contributed by atoms with Crippen molar-refractivity contribution < 1.29 is 23.7 Å². The van der Waals surface area contributed by atoms with Gasteiger partial charge in [0.05, 0.1) is 28.4 Å². The van der Waals surface area contributed by atoms with Gasteiger partial charge in [-0.25, -0.2) is 0 Å². The number of methoxy groups -OCH3 is 4. The summed E-state index contributed by atoms with van der Waals surface area (Å²) >= 11 is 0. The van der Waals surface area contributed by atoms with Crippen LogP contribution in [0.5, 0.6) is 23.3 Å². The summed E-state index contributed by atoms with van der Waals surface area (Å²) < 4.78 is 20.7. The van der Waals surface area contributed by atoms with E-state index in [9.17, 15) is 4.79 Å². The number of hydrogen-bond acceptors (Lipinski definition) is 6. The van der Waals surface area contributed by atoms with Crippen molar-refractivity contribution in [2.24, 2.45) is 0 Å². The van der Waals surface area contributed by atoms with Crippen LogP contribution in [0.4, 0.5) is 0 Å². The zero-order chi connectivity index (χ0) is 18.4. The molecule has 0 saturated heterocycles. The summed E-state index contributed by atoms with van der Waals surface area (Å²) in [5.41, 5.74) is 1.83. The lowest BCUT2D eigenvalue weighted by Gasteiger charge is -2.09. The highest BCUT2D eigenvalue weighted by atomic mass is 16.5. The monoisotopic (exact) mass is 343 g/mol. The summed E-state index contributed by atoms with van der Waals surface area (Å²) in [6.45, 7) is 1.75. The second-order valence-corrected chi connectivity index (χ2v) is 5.21. The molecule has 1 aromatic carbocycles. The zero-order valence-electron chi connectivity index (χ0n) is 15.0. The van der Waals surface area contributed by atoms with Crippen LogP contribution in [0.15, 0.2) is 35.9 Å². The third-order valence-electron chi connectivity index (χ3n) is 3.61. The van der Waals surface area contributed by atoms with E-state index >= 15 is 0 Å². The highest BCUT2D eigenvalue weighted by Gasteiger charge is 2.13. The van der Waals surface area contributed by atoms with Crippen molar-refractivity contribution >= 4 is 11.9 Å². The molecule has 2 aromatic rings. The summed E-state index contributed by atoms with van der Waals surface area (Å²) in [7, 11) is 6.12. The first-order chi connectivity index (χ1) is 12.0. The van der Waals surface area contributed by atoms with Crippen LogP contribution in [-0.2, 0) is 0 Å². The molecule has 0 spiro atoms. The Hall–Kier alpha value is -3.02. The molecule has 0 radical (unpaired) electrons. The quantitative estimate of drug-likeness (QED) is 0.567. The molecular weight excluding hydrogens is 322 g/mol. The molecule has 6 heteroatoms. The average molecular weight is 343 g/mol. The molecule has 0 N–H and O–H groups in total. The van der Waals surface area contributed by atoms with Crippen molar-refractivity contribution in [1.29, 1.82) is 0 Å². The van der Waals surface area contributed by atoms with Crippen molar-refractivity contribution in [3.8, 4) is 23.3 Å². The minimum atomic E-state index is -0.145. The lowest BCUT2D eigenvalue weighted by molar-refractivity contribution is 0.103. The number of Topliss-reactive ketones (excluding diaryl/α,β-unsaturated/α-hetero) is 1. The molecule has 6 nitrogen and oxygen atoms in total. The first-order valence-electron chi connectivity index (χ1n) is 7.57. The van der Waals surface area contributed by atoms with Crippen molar-refractivity contribution in [2.75, 3.05) is 28.4 Å². The van der Waals surface area contributed by atoms with Crippen LogP contribution in [-0.4, -0.2) is 39.2 Å². The molecule has 132 valence electrons. The predicted octanol–water partition coefficient (Wildman–Crippen LogP) is 3.40. The Balaban J connectivity index is 2.35. The molecule has 1 aromatic heterocycles. The van der Waals surface area contributed by atoms with Gasteiger partial charge in [-0.2, -0.15) is 4.98 Å². The van der Waals surface area contributed by atoms with E-state index in [1.165, 1.54) is 14.2 Å². The van der Waals surface area contributed by atoms with Crippen LogP contribution in [0.3, 0.4) is 0 Å². The van der Waals surface area contributed by atoms with Gasteiger partial charge in [0.15, 0.2) is 17.3 Å². The largest absolute Gasteiger partial charge is 0.493 e. The molecule has 2 rings (SSSR count). The Morgan fingerprint density at radius 3 is 2.00 bits per heavy atom. The summed E-state index contributed by atoms with van der Waals surface area (Å²) in [5.74, 6) is 1.73. The maximum Gasteiger partial charge on any atom is 0.216 e. The molecular formula is C19H21NO5. The van der Waals surface area contributed by atoms with E-state index < -0.39 is 0 Å². The van der Waals surface area contributed by atoms with Crippen LogP contribution < -0.4 is 18.9 Å². The third-order valence-corrected chi connectivity index (χ3v) is 3.61. The van der Waals surface area contributed by atoms with Crippen LogP contribution >= 0.6 is 0 Å². The number of carbonyl (C=O) groups excluding carboxylic acids is 1. The molecule has 0 aliphatic carbocycles. The van der Waals surface area contributed by atoms with E-state index in [0.29, 0.717) is 34.4 Å². The summed E-state index contributed by atoms with van der Waals surface area (Å²) in [6.07, 6.45) is 1.78. The Bertz CT molecular complexity index is 776. The molecule has 0 fully saturated rings. The smallest absolute Gasteiger partial charge is 0.216 e. The Kier molecular flexibility index (Phi) is 6.00. The lowest BCUT2D eigenvalue weighted by Crippen LogP contribution is -2.03. The first-order valence-corrected chi connectivity index (χ1v) is 7.57. The number of benzene rings is 1. The lowest BCUT2D eigenvalue weighted by atomic mass is 10.0. The third kappa shape index (κ3) is 4.29. The van der Waals surface area contributed by atoms with Crippen molar-refractivity contribution in [1.82, 2.24) is 4.98 Å². The Labute approximate surface area is 147 Å². The number of hydrogen-bond donors (Lipinski definition) is 0. The number of nitrogens with zero attached hydrogens (tertiary/aromatic N) is 1. The minimum absolute atomic E-state index is 0.145. The number of ketones is 1. The standard InChI is InChI=1S/C19H21NO5/c1-12(8-13-6-7-15(22-2)16(9-13)23-3)19(21)14-10-17(24-4)20-18(11-14)25-5/h6-11H,1-5H3/b12-8+. The number of allylic oxidation sites excluding steroid dienone is 1. The summed E-state index contributed by atoms with van der Waals surface area (Å²) in [6, 6.07) is 8.61. The molecule has 25 heavy (non-hydrogen) atoms. The Morgan fingerprint density at radius 2 is 1.48 bits per heavy atom. The van der Waals surface area contributed by atoms with E-state index in [1.807, 2.05) is 12.1 Å². The van der Waals surface area contributed by atoms with Gasteiger partial charge in [-0.15, -0.1) is 0 Å². The molecule has 0 saturated carbocycles. The molecule has 0 bridgehead atoms. The second-order valence-electron chi connectivity index (χ2n) is 5.21. The fourth-order valence-electron chi connectivity index (χ4n) is 2.31. The molecule has 0 unspecified atom stereocenters. The SMILES string of the molecule is COc1cc(C(=O)/C(C)=C/c2ccc(OC)c(OC)c2)cc(OC)n1. The molecule has 1 heterocycles. The van der Waals surface area contributed by atoms with E-state index in [2.05, 4.69) is 4.98 Å². The van der Waals surface area contributed by atoms with Crippen LogP contribution in [0.1, 0.15) is 22.8 Å². The van der Waals surface area contributed by atoms with E-state index in [-0.39, 0.29) is 5.78 Å². The number of carbonyl (C=O) groups is 1.